The molecule has 0 spiro atoms. The molecule has 0 amide bonds. The van der Waals surface area contributed by atoms with Gasteiger partial charge in [-0.1, -0.05) is 24.4 Å². The number of para-hydroxylation sites is 1. The Hall–Kier alpha value is -1.09. The molecular formula is C10H11NOS. The number of nitrogens with one attached hydrogen (secondary N) is 1. The van der Waals surface area contributed by atoms with Crippen molar-refractivity contribution in [3.63, 3.8) is 0 Å². The molecule has 0 fully saturated rings. The first-order valence-electron chi connectivity index (χ1n) is 4.19. The summed E-state index contributed by atoms with van der Waals surface area (Å²) >= 11 is 5.22. The van der Waals surface area contributed by atoms with Gasteiger partial charge >= 0.3 is 0 Å². The molecule has 3 heteroatoms. The van der Waals surface area contributed by atoms with Gasteiger partial charge in [0.15, 0.2) is 5.72 Å². The van der Waals surface area contributed by atoms with Crippen LogP contribution in [0.25, 0.3) is 0 Å². The molecule has 68 valence electrons. The highest BCUT2D eigenvalue weighted by molar-refractivity contribution is 7.80. The van der Waals surface area contributed by atoms with Crippen molar-refractivity contribution in [2.45, 2.75) is 19.6 Å². The molecular weight excluding hydrogens is 182 g/mol. The lowest BCUT2D eigenvalue weighted by Gasteiger charge is -2.34. The fraction of sp³-hybridized carbons (Fsp3) is 0.300. The third-order valence-corrected chi connectivity index (χ3v) is 2.23. The maximum absolute atomic E-state index is 5.69. The van der Waals surface area contributed by atoms with Crippen LogP contribution in [0.1, 0.15) is 19.4 Å². The molecule has 0 radical (unpaired) electrons. The number of fused-ring (bicyclic) bond motifs is 1. The Morgan fingerprint density at radius 3 is 2.77 bits per heavy atom. The van der Waals surface area contributed by atoms with Crippen LogP contribution in [-0.4, -0.2) is 10.7 Å². The van der Waals surface area contributed by atoms with Crippen molar-refractivity contribution in [1.82, 2.24) is 5.32 Å². The second-order valence-electron chi connectivity index (χ2n) is 3.56. The van der Waals surface area contributed by atoms with E-state index in [1.807, 2.05) is 38.1 Å². The summed E-state index contributed by atoms with van der Waals surface area (Å²) in [4.78, 5) is 0.756. The number of ether oxygens (including phenoxy) is 1. The SMILES string of the molecule is CC1(C)NC(=S)c2ccccc2O1. The van der Waals surface area contributed by atoms with E-state index in [2.05, 4.69) is 5.32 Å². The summed E-state index contributed by atoms with van der Waals surface area (Å²) in [7, 11) is 0. The summed E-state index contributed by atoms with van der Waals surface area (Å²) in [5.41, 5.74) is 0.572. The largest absolute Gasteiger partial charge is 0.468 e. The predicted molar refractivity (Wildman–Crippen MR) is 56.0 cm³/mol. The standard InChI is InChI=1S/C10H11NOS/c1-10(2)11-9(13)7-5-3-4-6-8(7)12-10/h3-6H,1-2H3,(H,11,13). The van der Waals surface area contributed by atoms with E-state index in [0.717, 1.165) is 16.3 Å². The minimum atomic E-state index is -0.397. The Kier molecular flexibility index (Phi) is 1.77. The fourth-order valence-corrected chi connectivity index (χ4v) is 1.80. The van der Waals surface area contributed by atoms with Gasteiger partial charge in [-0.3, -0.25) is 0 Å². The molecule has 0 saturated heterocycles. The summed E-state index contributed by atoms with van der Waals surface area (Å²) < 4.78 is 5.69. The summed E-state index contributed by atoms with van der Waals surface area (Å²) in [6, 6.07) is 7.79. The van der Waals surface area contributed by atoms with Crippen molar-refractivity contribution in [3.05, 3.63) is 29.8 Å². The zero-order valence-corrected chi connectivity index (χ0v) is 8.44. The molecule has 1 heterocycles. The normalized spacial score (nSPS) is 18.5. The summed E-state index contributed by atoms with van der Waals surface area (Å²) in [6.07, 6.45) is 0. The number of hydrogen-bond acceptors (Lipinski definition) is 2. The van der Waals surface area contributed by atoms with E-state index in [0.29, 0.717) is 0 Å². The van der Waals surface area contributed by atoms with Gasteiger partial charge in [-0.2, -0.15) is 0 Å². The lowest BCUT2D eigenvalue weighted by atomic mass is 10.1. The average molecular weight is 193 g/mol. The van der Waals surface area contributed by atoms with Gasteiger partial charge in [0.05, 0.1) is 5.56 Å². The zero-order chi connectivity index (χ0) is 9.47. The molecule has 1 N–H and O–H groups in total. The van der Waals surface area contributed by atoms with Crippen LogP contribution in [0.4, 0.5) is 0 Å². The Bertz CT molecular complexity index is 360. The second kappa shape index (κ2) is 2.70. The van der Waals surface area contributed by atoms with E-state index in [1.165, 1.54) is 0 Å². The van der Waals surface area contributed by atoms with Crippen LogP contribution in [0.3, 0.4) is 0 Å². The second-order valence-corrected chi connectivity index (χ2v) is 3.97. The molecule has 0 aliphatic carbocycles. The van der Waals surface area contributed by atoms with Crippen LogP contribution in [0.15, 0.2) is 24.3 Å². The van der Waals surface area contributed by atoms with Crippen molar-refractivity contribution < 1.29 is 4.74 Å². The van der Waals surface area contributed by atoms with Crippen LogP contribution in [0.5, 0.6) is 5.75 Å². The zero-order valence-electron chi connectivity index (χ0n) is 7.63. The summed E-state index contributed by atoms with van der Waals surface area (Å²) in [5.74, 6) is 0.858. The molecule has 2 nitrogen and oxygen atoms in total. The third kappa shape index (κ3) is 1.52. The van der Waals surface area contributed by atoms with Crippen molar-refractivity contribution in [2.24, 2.45) is 0 Å². The van der Waals surface area contributed by atoms with Gasteiger partial charge in [-0.05, 0) is 26.0 Å². The van der Waals surface area contributed by atoms with Crippen LogP contribution in [0.2, 0.25) is 0 Å². The number of thiocarbonyl (C=S) groups is 1. The molecule has 0 saturated carbocycles. The molecule has 1 aliphatic rings. The van der Waals surface area contributed by atoms with Crippen molar-refractivity contribution in [2.75, 3.05) is 0 Å². The molecule has 1 aromatic carbocycles. The van der Waals surface area contributed by atoms with Gasteiger partial charge in [-0.15, -0.1) is 0 Å². The molecule has 13 heavy (non-hydrogen) atoms. The summed E-state index contributed by atoms with van der Waals surface area (Å²) in [6.45, 7) is 3.91. The summed E-state index contributed by atoms with van der Waals surface area (Å²) in [5, 5.41) is 3.12. The lowest BCUT2D eigenvalue weighted by Crippen LogP contribution is -2.51. The van der Waals surface area contributed by atoms with Crippen molar-refractivity contribution in [3.8, 4) is 5.75 Å². The maximum atomic E-state index is 5.69. The van der Waals surface area contributed by atoms with Crippen molar-refractivity contribution >= 4 is 17.2 Å². The van der Waals surface area contributed by atoms with E-state index >= 15 is 0 Å². The first kappa shape index (κ1) is 8.51. The first-order valence-corrected chi connectivity index (χ1v) is 4.60. The molecule has 1 aromatic rings. The highest BCUT2D eigenvalue weighted by atomic mass is 32.1. The van der Waals surface area contributed by atoms with Gasteiger partial charge in [0.2, 0.25) is 0 Å². The fourth-order valence-electron chi connectivity index (χ4n) is 1.38. The number of hydrogen-bond donors (Lipinski definition) is 1. The number of benzene rings is 1. The van der Waals surface area contributed by atoms with Gasteiger partial charge in [-0.25, -0.2) is 0 Å². The molecule has 2 rings (SSSR count). The Morgan fingerprint density at radius 1 is 1.31 bits per heavy atom. The predicted octanol–water partition coefficient (Wildman–Crippen LogP) is 2.08. The quantitative estimate of drug-likeness (QED) is 0.637. The van der Waals surface area contributed by atoms with E-state index < -0.39 is 5.72 Å². The van der Waals surface area contributed by atoms with E-state index in [4.69, 9.17) is 17.0 Å². The Morgan fingerprint density at radius 2 is 2.00 bits per heavy atom. The number of rotatable bonds is 0. The molecule has 0 unspecified atom stereocenters. The van der Waals surface area contributed by atoms with Crippen LogP contribution in [-0.2, 0) is 0 Å². The topological polar surface area (TPSA) is 21.3 Å². The maximum Gasteiger partial charge on any atom is 0.175 e. The molecule has 1 aliphatic heterocycles. The minimum absolute atomic E-state index is 0.397. The average Bonchev–Trinajstić information content (AvgIpc) is 2.02. The van der Waals surface area contributed by atoms with Crippen molar-refractivity contribution in [1.29, 1.82) is 0 Å². The Labute approximate surface area is 82.9 Å². The highest BCUT2D eigenvalue weighted by Gasteiger charge is 2.28. The highest BCUT2D eigenvalue weighted by Crippen LogP contribution is 2.26. The molecule has 0 aromatic heterocycles. The van der Waals surface area contributed by atoms with E-state index in [9.17, 15) is 0 Å². The van der Waals surface area contributed by atoms with Gasteiger partial charge in [0.1, 0.15) is 10.7 Å². The van der Waals surface area contributed by atoms with Gasteiger partial charge in [0.25, 0.3) is 0 Å². The smallest absolute Gasteiger partial charge is 0.175 e. The monoisotopic (exact) mass is 193 g/mol. The lowest BCUT2D eigenvalue weighted by molar-refractivity contribution is 0.0876. The van der Waals surface area contributed by atoms with Crippen LogP contribution in [0, 0.1) is 0 Å². The van der Waals surface area contributed by atoms with Crippen LogP contribution >= 0.6 is 12.2 Å². The first-order chi connectivity index (χ1) is 6.08. The molecule has 0 bridgehead atoms. The Balaban J connectivity index is 2.49. The minimum Gasteiger partial charge on any atom is -0.468 e. The van der Waals surface area contributed by atoms with Gasteiger partial charge < -0.3 is 10.1 Å². The van der Waals surface area contributed by atoms with Crippen LogP contribution < -0.4 is 10.1 Å². The third-order valence-electron chi connectivity index (χ3n) is 1.91. The van der Waals surface area contributed by atoms with E-state index in [1.54, 1.807) is 0 Å². The van der Waals surface area contributed by atoms with E-state index in [-0.39, 0.29) is 0 Å². The molecule has 0 atom stereocenters. The van der Waals surface area contributed by atoms with Gasteiger partial charge in [0, 0.05) is 0 Å².